The Morgan fingerprint density at radius 2 is 1.00 bits per heavy atom. The van der Waals surface area contributed by atoms with Gasteiger partial charge < -0.3 is 4.57 Å². The number of benzene rings is 3. The van der Waals surface area contributed by atoms with Crippen LogP contribution in [0, 0.1) is 0 Å². The van der Waals surface area contributed by atoms with Crippen molar-refractivity contribution >= 4 is 36.0 Å². The third kappa shape index (κ3) is 4.76. The van der Waals surface area contributed by atoms with Crippen LogP contribution in [-0.4, -0.2) is 11.5 Å². The van der Waals surface area contributed by atoms with E-state index in [9.17, 15) is 4.57 Å². The van der Waals surface area contributed by atoms with Crippen LogP contribution in [0.2, 0.25) is 0 Å². The van der Waals surface area contributed by atoms with Crippen LogP contribution < -0.4 is 5.30 Å². The number of fused-ring (bicyclic) bond motifs is 2. The molecule has 1 aliphatic heterocycles. The summed E-state index contributed by atoms with van der Waals surface area (Å²) in [6.45, 7) is 0. The van der Waals surface area contributed by atoms with Crippen molar-refractivity contribution in [3.63, 3.8) is 0 Å². The van der Waals surface area contributed by atoms with Crippen LogP contribution in [0.3, 0.4) is 0 Å². The maximum absolute atomic E-state index is 14.5. The Balaban J connectivity index is 1.80. The van der Waals surface area contributed by atoms with Gasteiger partial charge >= 0.3 is 0 Å². The van der Waals surface area contributed by atoms with Gasteiger partial charge in [0.25, 0.3) is 0 Å². The SMILES string of the molecule is O=P1(c2ccccc2)Cc2ccccc2CSCCSCc2ccccc2C1. The van der Waals surface area contributed by atoms with Crippen LogP contribution >= 0.6 is 30.7 Å². The first kappa shape index (κ1) is 19.9. The molecule has 3 aromatic carbocycles. The summed E-state index contributed by atoms with van der Waals surface area (Å²) in [5.74, 6) is 4.30. The van der Waals surface area contributed by atoms with Gasteiger partial charge in [-0.1, -0.05) is 78.9 Å². The molecule has 0 atom stereocenters. The monoisotopic (exact) mass is 424 g/mol. The molecular formula is C24H25OPS2. The fraction of sp³-hybridized carbons (Fsp3) is 0.250. The molecule has 0 aromatic heterocycles. The zero-order valence-corrected chi connectivity index (χ0v) is 18.4. The number of rotatable bonds is 1. The van der Waals surface area contributed by atoms with Gasteiger partial charge in [-0.2, -0.15) is 23.5 Å². The van der Waals surface area contributed by atoms with E-state index in [1.54, 1.807) is 0 Å². The van der Waals surface area contributed by atoms with Crippen LogP contribution in [0.4, 0.5) is 0 Å². The lowest BCUT2D eigenvalue weighted by Crippen LogP contribution is -2.10. The van der Waals surface area contributed by atoms with Gasteiger partial charge in [-0.15, -0.1) is 0 Å². The lowest BCUT2D eigenvalue weighted by atomic mass is 10.1. The second-order valence-electron chi connectivity index (χ2n) is 7.18. The Morgan fingerprint density at radius 3 is 1.50 bits per heavy atom. The summed E-state index contributed by atoms with van der Waals surface area (Å²) in [5.41, 5.74) is 5.15. The molecule has 0 N–H and O–H groups in total. The molecular weight excluding hydrogens is 399 g/mol. The molecule has 1 aliphatic rings. The van der Waals surface area contributed by atoms with Crippen molar-refractivity contribution in [2.45, 2.75) is 23.8 Å². The third-order valence-electron chi connectivity index (χ3n) is 5.20. The second-order valence-corrected chi connectivity index (χ2v) is 12.3. The van der Waals surface area contributed by atoms with E-state index in [0.29, 0.717) is 12.3 Å². The highest BCUT2D eigenvalue weighted by Crippen LogP contribution is 2.52. The van der Waals surface area contributed by atoms with Crippen LogP contribution in [0.5, 0.6) is 0 Å². The minimum atomic E-state index is -2.61. The summed E-state index contributed by atoms with van der Waals surface area (Å²) in [7, 11) is -2.61. The predicted octanol–water partition coefficient (Wildman–Crippen LogP) is 6.56. The molecule has 0 aliphatic carbocycles. The summed E-state index contributed by atoms with van der Waals surface area (Å²) < 4.78 is 14.5. The molecule has 0 unspecified atom stereocenters. The highest BCUT2D eigenvalue weighted by atomic mass is 32.2. The largest absolute Gasteiger partial charge is 0.318 e. The summed E-state index contributed by atoms with van der Waals surface area (Å²) >= 11 is 3.97. The van der Waals surface area contributed by atoms with Gasteiger partial charge in [0.05, 0.1) is 0 Å². The topological polar surface area (TPSA) is 17.1 Å². The zero-order chi connectivity index (χ0) is 19.2. The average molecular weight is 425 g/mol. The average Bonchev–Trinajstić information content (AvgIpc) is 2.74. The van der Waals surface area contributed by atoms with Gasteiger partial charge in [0.15, 0.2) is 0 Å². The molecule has 0 saturated carbocycles. The van der Waals surface area contributed by atoms with E-state index in [-0.39, 0.29) is 0 Å². The predicted molar refractivity (Wildman–Crippen MR) is 126 cm³/mol. The molecule has 28 heavy (non-hydrogen) atoms. The Labute approximate surface area is 176 Å². The Morgan fingerprint density at radius 1 is 0.571 bits per heavy atom. The maximum atomic E-state index is 14.5. The molecule has 4 heteroatoms. The Kier molecular flexibility index (Phi) is 6.67. The standard InChI is InChI=1S/C24H25OPS2/c25-26(24-12-2-1-3-13-24)16-20-8-4-6-10-22(20)18-27-14-15-28-19-23-11-7-5-9-21(23)17-26/h1-13H,14-19H2. The van der Waals surface area contributed by atoms with Crippen molar-refractivity contribution in [3.05, 3.63) is 101 Å². The Hall–Kier alpha value is -1.41. The van der Waals surface area contributed by atoms with E-state index < -0.39 is 7.14 Å². The minimum Gasteiger partial charge on any atom is -0.318 e. The van der Waals surface area contributed by atoms with Crippen molar-refractivity contribution in [3.8, 4) is 0 Å². The van der Waals surface area contributed by atoms with Crippen molar-refractivity contribution in [2.75, 3.05) is 11.5 Å². The first-order valence-corrected chi connectivity index (χ1v) is 14.1. The highest BCUT2D eigenvalue weighted by molar-refractivity contribution is 8.02. The molecule has 0 saturated heterocycles. The van der Waals surface area contributed by atoms with Gasteiger partial charge in [0.2, 0.25) is 0 Å². The molecule has 0 spiro atoms. The molecule has 1 heterocycles. The summed E-state index contributed by atoms with van der Waals surface area (Å²) in [4.78, 5) is 0. The van der Waals surface area contributed by atoms with Crippen molar-refractivity contribution < 1.29 is 4.57 Å². The van der Waals surface area contributed by atoms with Gasteiger partial charge in [0.1, 0.15) is 7.14 Å². The van der Waals surface area contributed by atoms with Gasteiger partial charge in [-0.3, -0.25) is 0 Å². The lowest BCUT2D eigenvalue weighted by molar-refractivity contribution is 0.579. The molecule has 3 aromatic rings. The quantitative estimate of drug-likeness (QED) is 0.412. The maximum Gasteiger partial charge on any atom is 0.124 e. The number of thioether (sulfide) groups is 2. The van der Waals surface area contributed by atoms with Crippen LogP contribution in [-0.2, 0) is 28.4 Å². The highest BCUT2D eigenvalue weighted by Gasteiger charge is 2.27. The minimum absolute atomic E-state index is 0.634. The van der Waals surface area contributed by atoms with E-state index >= 15 is 0 Å². The number of hydrogen-bond donors (Lipinski definition) is 0. The van der Waals surface area contributed by atoms with E-state index in [1.165, 1.54) is 22.3 Å². The Bertz CT molecular complexity index is 914. The van der Waals surface area contributed by atoms with Gasteiger partial charge in [-0.25, -0.2) is 0 Å². The molecule has 4 rings (SSSR count). The van der Waals surface area contributed by atoms with E-state index in [1.807, 2.05) is 53.9 Å². The van der Waals surface area contributed by atoms with Crippen LogP contribution in [0.15, 0.2) is 78.9 Å². The molecule has 0 fully saturated rings. The van der Waals surface area contributed by atoms with Crippen molar-refractivity contribution in [2.24, 2.45) is 0 Å². The van der Waals surface area contributed by atoms with Crippen LogP contribution in [0.1, 0.15) is 22.3 Å². The second kappa shape index (κ2) is 9.39. The zero-order valence-electron chi connectivity index (χ0n) is 15.9. The fourth-order valence-corrected chi connectivity index (χ4v) is 8.82. The molecule has 0 bridgehead atoms. The molecule has 1 nitrogen and oxygen atoms in total. The van der Waals surface area contributed by atoms with E-state index in [4.69, 9.17) is 0 Å². The number of hydrogen-bond acceptors (Lipinski definition) is 3. The molecule has 144 valence electrons. The lowest BCUT2D eigenvalue weighted by Gasteiger charge is -2.22. The van der Waals surface area contributed by atoms with Crippen LogP contribution in [0.25, 0.3) is 0 Å². The summed E-state index contributed by atoms with van der Waals surface area (Å²) in [5, 5.41) is 0.995. The van der Waals surface area contributed by atoms with Crippen molar-refractivity contribution in [1.82, 2.24) is 0 Å². The summed E-state index contributed by atoms with van der Waals surface area (Å²) in [6.07, 6.45) is 1.27. The summed E-state index contributed by atoms with van der Waals surface area (Å²) in [6, 6.07) is 27.3. The fourth-order valence-electron chi connectivity index (χ4n) is 3.68. The first-order valence-electron chi connectivity index (χ1n) is 9.67. The van der Waals surface area contributed by atoms with Gasteiger partial charge in [-0.05, 0) is 22.3 Å². The van der Waals surface area contributed by atoms with E-state index in [2.05, 4.69) is 48.5 Å². The normalized spacial score (nSPS) is 17.3. The first-order chi connectivity index (χ1) is 13.7. The third-order valence-corrected chi connectivity index (χ3v) is 10.4. The molecule has 0 amide bonds. The van der Waals surface area contributed by atoms with E-state index in [0.717, 1.165) is 28.3 Å². The smallest absolute Gasteiger partial charge is 0.124 e. The molecule has 0 radical (unpaired) electrons. The van der Waals surface area contributed by atoms with Gasteiger partial charge in [0, 0.05) is 40.6 Å². The van der Waals surface area contributed by atoms with Crippen molar-refractivity contribution in [1.29, 1.82) is 0 Å².